The molecule has 0 radical (unpaired) electrons. The van der Waals surface area contributed by atoms with Gasteiger partial charge in [-0.1, -0.05) is 0 Å². The summed E-state index contributed by atoms with van der Waals surface area (Å²) in [5.74, 6) is -0.0196. The number of nitrogens with zero attached hydrogens (tertiary/aromatic N) is 1. The molecule has 0 aliphatic carbocycles. The highest BCUT2D eigenvalue weighted by Crippen LogP contribution is 2.26. The molecule has 122 valence electrons. The van der Waals surface area contributed by atoms with Gasteiger partial charge in [0.15, 0.2) is 0 Å². The quantitative estimate of drug-likeness (QED) is 0.781. The van der Waals surface area contributed by atoms with Gasteiger partial charge in [-0.15, -0.1) is 0 Å². The van der Waals surface area contributed by atoms with Crippen molar-refractivity contribution < 1.29 is 9.59 Å². The first-order valence-electron chi connectivity index (χ1n) is 8.04. The Morgan fingerprint density at radius 1 is 1.19 bits per heavy atom. The van der Waals surface area contributed by atoms with E-state index in [1.54, 1.807) is 0 Å². The number of hydrogen-bond acceptors (Lipinski definition) is 3. The van der Waals surface area contributed by atoms with Gasteiger partial charge in [-0.2, -0.15) is 0 Å². The highest BCUT2D eigenvalue weighted by molar-refractivity contribution is 5.85. The number of rotatable bonds is 6. The minimum absolute atomic E-state index is 0.00738. The Balaban J connectivity index is 2.55. The highest BCUT2D eigenvalue weighted by Gasteiger charge is 2.35. The first-order chi connectivity index (χ1) is 9.70. The molecule has 0 saturated carbocycles. The Hall–Kier alpha value is -1.10. The third-order valence-corrected chi connectivity index (χ3v) is 4.50. The maximum atomic E-state index is 12.4. The molecule has 0 bridgehead atoms. The summed E-state index contributed by atoms with van der Waals surface area (Å²) in [6.07, 6.45) is 2.28. The normalized spacial score (nSPS) is 24.7. The van der Waals surface area contributed by atoms with Crippen molar-refractivity contribution in [2.24, 2.45) is 5.41 Å². The van der Waals surface area contributed by atoms with Crippen LogP contribution in [0.1, 0.15) is 54.4 Å². The van der Waals surface area contributed by atoms with Gasteiger partial charge in [-0.25, -0.2) is 0 Å². The van der Waals surface area contributed by atoms with Crippen molar-refractivity contribution in [3.05, 3.63) is 0 Å². The Labute approximate surface area is 128 Å². The second kappa shape index (κ2) is 7.25. The third kappa shape index (κ3) is 4.43. The molecule has 2 amide bonds. The molecule has 1 saturated heterocycles. The van der Waals surface area contributed by atoms with E-state index in [1.807, 2.05) is 27.7 Å². The monoisotopic (exact) mass is 297 g/mol. The largest absolute Gasteiger partial charge is 0.356 e. The summed E-state index contributed by atoms with van der Waals surface area (Å²) in [6.45, 7) is 12.9. The van der Waals surface area contributed by atoms with Crippen LogP contribution in [-0.4, -0.2) is 47.9 Å². The van der Waals surface area contributed by atoms with Gasteiger partial charge in [-0.3, -0.25) is 14.5 Å². The molecule has 2 N–H and O–H groups in total. The molecular weight excluding hydrogens is 266 g/mol. The summed E-state index contributed by atoms with van der Waals surface area (Å²) in [4.78, 5) is 26.6. The summed E-state index contributed by atoms with van der Waals surface area (Å²) in [6, 6.07) is 0.733. The molecule has 0 spiro atoms. The molecule has 5 nitrogen and oxygen atoms in total. The first-order valence-corrected chi connectivity index (χ1v) is 8.04. The van der Waals surface area contributed by atoms with Crippen LogP contribution >= 0.6 is 0 Å². The number of carbonyl (C=O) groups excluding carboxylic acids is 2. The second-order valence-electron chi connectivity index (χ2n) is 6.86. The average Bonchev–Trinajstić information content (AvgIpc) is 2.75. The van der Waals surface area contributed by atoms with Gasteiger partial charge in [0, 0.05) is 25.2 Å². The Morgan fingerprint density at radius 2 is 1.71 bits per heavy atom. The van der Waals surface area contributed by atoms with E-state index in [2.05, 4.69) is 29.4 Å². The lowest BCUT2D eigenvalue weighted by atomic mass is 9.92. The number of nitrogens with one attached hydrogen (secondary N) is 2. The minimum atomic E-state index is -0.590. The van der Waals surface area contributed by atoms with Gasteiger partial charge in [0.1, 0.15) is 0 Å². The van der Waals surface area contributed by atoms with E-state index in [0.29, 0.717) is 25.2 Å². The van der Waals surface area contributed by atoms with Crippen LogP contribution in [0.5, 0.6) is 0 Å². The van der Waals surface area contributed by atoms with Gasteiger partial charge in [0.2, 0.25) is 11.8 Å². The molecule has 1 fully saturated rings. The van der Waals surface area contributed by atoms with Gasteiger partial charge < -0.3 is 10.6 Å². The summed E-state index contributed by atoms with van der Waals surface area (Å²) in [7, 11) is 0. The average molecular weight is 297 g/mol. The summed E-state index contributed by atoms with van der Waals surface area (Å²) < 4.78 is 0. The van der Waals surface area contributed by atoms with E-state index < -0.39 is 5.41 Å². The molecule has 1 aliphatic rings. The van der Waals surface area contributed by atoms with Crippen LogP contribution in [0, 0.1) is 5.41 Å². The van der Waals surface area contributed by atoms with Crippen molar-refractivity contribution in [2.75, 3.05) is 13.1 Å². The van der Waals surface area contributed by atoms with Crippen molar-refractivity contribution in [1.82, 2.24) is 15.5 Å². The van der Waals surface area contributed by atoms with Gasteiger partial charge in [0.25, 0.3) is 0 Å². The Kier molecular flexibility index (Phi) is 6.20. The topological polar surface area (TPSA) is 61.4 Å². The van der Waals surface area contributed by atoms with Crippen LogP contribution in [0.25, 0.3) is 0 Å². The van der Waals surface area contributed by atoms with Crippen LogP contribution < -0.4 is 10.6 Å². The maximum Gasteiger partial charge on any atom is 0.237 e. The predicted octanol–water partition coefficient (Wildman–Crippen LogP) is 1.53. The summed E-state index contributed by atoms with van der Waals surface area (Å²) in [5, 5.41) is 5.75. The summed E-state index contributed by atoms with van der Waals surface area (Å²) in [5.41, 5.74) is -0.590. The van der Waals surface area contributed by atoms with Gasteiger partial charge in [-0.05, 0) is 54.4 Å². The zero-order chi connectivity index (χ0) is 16.2. The van der Waals surface area contributed by atoms with Crippen molar-refractivity contribution in [3.8, 4) is 0 Å². The van der Waals surface area contributed by atoms with E-state index in [9.17, 15) is 9.59 Å². The zero-order valence-corrected chi connectivity index (χ0v) is 14.3. The minimum Gasteiger partial charge on any atom is -0.356 e. The molecular formula is C16H31N3O2. The van der Waals surface area contributed by atoms with Gasteiger partial charge >= 0.3 is 0 Å². The molecule has 0 unspecified atom stereocenters. The van der Waals surface area contributed by atoms with Crippen molar-refractivity contribution in [2.45, 2.75) is 72.5 Å². The van der Waals surface area contributed by atoms with Crippen LogP contribution in [-0.2, 0) is 9.59 Å². The molecule has 21 heavy (non-hydrogen) atoms. The van der Waals surface area contributed by atoms with E-state index in [-0.39, 0.29) is 17.9 Å². The molecule has 0 aromatic rings. The van der Waals surface area contributed by atoms with E-state index in [1.165, 1.54) is 0 Å². The number of likely N-dealkylation sites (tertiary alicyclic amines) is 1. The van der Waals surface area contributed by atoms with Crippen molar-refractivity contribution >= 4 is 11.8 Å². The fraction of sp³-hybridized carbons (Fsp3) is 0.875. The molecule has 1 rings (SSSR count). The maximum absolute atomic E-state index is 12.4. The lowest BCUT2D eigenvalue weighted by Gasteiger charge is -2.32. The standard InChI is InChI=1S/C16H31N3O2/c1-7-17-15(21)16(5,6)10-18-14(20)13(4)19-11(2)8-9-12(19)3/h11-13H,7-10H2,1-6H3,(H,17,21)(H,18,20)/t11-,12+,13-/m0/s1. The predicted molar refractivity (Wildman–Crippen MR) is 84.9 cm³/mol. The fourth-order valence-electron chi connectivity index (χ4n) is 3.05. The van der Waals surface area contributed by atoms with E-state index in [4.69, 9.17) is 0 Å². The van der Waals surface area contributed by atoms with Crippen LogP contribution in [0.2, 0.25) is 0 Å². The highest BCUT2D eigenvalue weighted by atomic mass is 16.2. The fourth-order valence-corrected chi connectivity index (χ4v) is 3.05. The molecule has 3 atom stereocenters. The van der Waals surface area contributed by atoms with Crippen molar-refractivity contribution in [3.63, 3.8) is 0 Å². The Bertz CT molecular complexity index is 372. The number of hydrogen-bond donors (Lipinski definition) is 2. The lowest BCUT2D eigenvalue weighted by molar-refractivity contribution is -0.131. The first kappa shape index (κ1) is 18.0. The second-order valence-corrected chi connectivity index (χ2v) is 6.86. The molecule has 1 heterocycles. The van der Waals surface area contributed by atoms with E-state index >= 15 is 0 Å². The smallest absolute Gasteiger partial charge is 0.237 e. The van der Waals surface area contributed by atoms with E-state index in [0.717, 1.165) is 12.8 Å². The molecule has 5 heteroatoms. The molecule has 0 aromatic heterocycles. The van der Waals surface area contributed by atoms with Crippen LogP contribution in [0.4, 0.5) is 0 Å². The summed E-state index contributed by atoms with van der Waals surface area (Å²) >= 11 is 0. The SMILES string of the molecule is CCNC(=O)C(C)(C)CNC(=O)[C@H](C)N1[C@H](C)CC[C@@H]1C. The van der Waals surface area contributed by atoms with Gasteiger partial charge in [0.05, 0.1) is 11.5 Å². The molecule has 1 aliphatic heterocycles. The number of carbonyl (C=O) groups is 2. The zero-order valence-electron chi connectivity index (χ0n) is 14.3. The Morgan fingerprint density at radius 3 is 2.19 bits per heavy atom. The lowest BCUT2D eigenvalue weighted by Crippen LogP contribution is -2.52. The third-order valence-electron chi connectivity index (χ3n) is 4.50. The van der Waals surface area contributed by atoms with Crippen LogP contribution in [0.3, 0.4) is 0 Å². The molecule has 0 aromatic carbocycles. The van der Waals surface area contributed by atoms with Crippen molar-refractivity contribution in [1.29, 1.82) is 0 Å². The number of amides is 2. The van der Waals surface area contributed by atoms with Crippen LogP contribution in [0.15, 0.2) is 0 Å².